The van der Waals surface area contributed by atoms with Crippen molar-refractivity contribution in [2.45, 2.75) is 0 Å². The van der Waals surface area contributed by atoms with Crippen LogP contribution >= 0.6 is 27.5 Å². The van der Waals surface area contributed by atoms with Crippen molar-refractivity contribution in [1.82, 2.24) is 4.98 Å². The molecule has 0 radical (unpaired) electrons. The van der Waals surface area contributed by atoms with Crippen LogP contribution in [0.3, 0.4) is 0 Å². The second-order valence-corrected chi connectivity index (χ2v) is 2.99. The van der Waals surface area contributed by atoms with Crippen LogP contribution in [0.5, 0.6) is 0 Å². The Kier molecular flexibility index (Phi) is 2.46. The van der Waals surface area contributed by atoms with E-state index in [-0.39, 0.29) is 0 Å². The lowest BCUT2D eigenvalue weighted by atomic mass is 10.3. The van der Waals surface area contributed by atoms with Gasteiger partial charge in [0.2, 0.25) is 0 Å². The van der Waals surface area contributed by atoms with Crippen LogP contribution in [0.4, 0.5) is 0 Å². The molecule has 0 N–H and O–H groups in total. The summed E-state index contributed by atoms with van der Waals surface area (Å²) in [5.74, 6) is 0. The predicted octanol–water partition coefficient (Wildman–Crippen LogP) is 3.14. The summed E-state index contributed by atoms with van der Waals surface area (Å²) in [6.45, 7) is 3.58. The smallest absolute Gasteiger partial charge is 0.0731 e. The van der Waals surface area contributed by atoms with Gasteiger partial charge in [-0.15, -0.1) is 0 Å². The topological polar surface area (TPSA) is 12.9 Å². The van der Waals surface area contributed by atoms with Gasteiger partial charge in [-0.3, -0.25) is 4.98 Å². The largest absolute Gasteiger partial charge is 0.255 e. The molecule has 1 aromatic rings. The van der Waals surface area contributed by atoms with Crippen LogP contribution in [0.1, 0.15) is 5.69 Å². The zero-order valence-corrected chi connectivity index (χ0v) is 7.48. The van der Waals surface area contributed by atoms with Gasteiger partial charge in [-0.05, 0) is 28.1 Å². The minimum absolute atomic E-state index is 0.616. The van der Waals surface area contributed by atoms with E-state index in [2.05, 4.69) is 27.5 Å². The molecule has 0 fully saturated rings. The van der Waals surface area contributed by atoms with Crippen LogP contribution < -0.4 is 0 Å². The highest BCUT2D eigenvalue weighted by Crippen LogP contribution is 2.21. The fourth-order valence-corrected chi connectivity index (χ4v) is 0.981. The summed E-state index contributed by atoms with van der Waals surface area (Å²) in [5, 5.41) is 0.616. The van der Waals surface area contributed by atoms with Crippen molar-refractivity contribution in [3.05, 3.63) is 34.0 Å². The zero-order chi connectivity index (χ0) is 7.56. The lowest BCUT2D eigenvalue weighted by Crippen LogP contribution is -1.79. The fourth-order valence-electron chi connectivity index (χ4n) is 0.541. The summed E-state index contributed by atoms with van der Waals surface area (Å²) in [4.78, 5) is 3.98. The fraction of sp³-hybridized carbons (Fsp3) is 0. The van der Waals surface area contributed by atoms with E-state index in [1.54, 1.807) is 12.3 Å². The lowest BCUT2D eigenvalue weighted by Gasteiger charge is -1.94. The van der Waals surface area contributed by atoms with Crippen LogP contribution in [0.25, 0.3) is 6.08 Å². The number of halogens is 2. The summed E-state index contributed by atoms with van der Waals surface area (Å²) >= 11 is 8.96. The molecule has 3 heteroatoms. The second-order valence-electron chi connectivity index (χ2n) is 1.73. The number of pyridine rings is 1. The molecule has 52 valence electrons. The van der Waals surface area contributed by atoms with Gasteiger partial charge in [-0.1, -0.05) is 18.2 Å². The van der Waals surface area contributed by atoms with Gasteiger partial charge in [0.25, 0.3) is 0 Å². The van der Waals surface area contributed by atoms with Crippen LogP contribution in [-0.2, 0) is 0 Å². The molecule has 0 spiro atoms. The molecule has 0 saturated heterocycles. The molecule has 1 aromatic heterocycles. The normalized spacial score (nSPS) is 9.40. The van der Waals surface area contributed by atoms with E-state index in [9.17, 15) is 0 Å². The third-order valence-electron chi connectivity index (χ3n) is 1.04. The molecule has 0 aliphatic heterocycles. The Balaban J connectivity index is 3.16. The highest BCUT2D eigenvalue weighted by atomic mass is 79.9. The van der Waals surface area contributed by atoms with Crippen molar-refractivity contribution in [3.8, 4) is 0 Å². The standard InChI is InChI=1S/C7H5BrClN/c1-2-5-3-6(8)7(9)4-10-5/h2-4H,1H2. The number of hydrogen-bond acceptors (Lipinski definition) is 1. The van der Waals surface area contributed by atoms with Crippen LogP contribution in [-0.4, -0.2) is 4.98 Å². The average molecular weight is 218 g/mol. The van der Waals surface area contributed by atoms with E-state index in [1.807, 2.05) is 6.07 Å². The molecule has 0 bridgehead atoms. The van der Waals surface area contributed by atoms with Gasteiger partial charge in [0.1, 0.15) is 0 Å². The Bertz CT molecular complexity index is 260. The molecule has 10 heavy (non-hydrogen) atoms. The monoisotopic (exact) mass is 217 g/mol. The maximum Gasteiger partial charge on any atom is 0.0731 e. The van der Waals surface area contributed by atoms with E-state index in [0.717, 1.165) is 10.2 Å². The molecule has 0 aliphatic carbocycles. The van der Waals surface area contributed by atoms with Crippen molar-refractivity contribution in [1.29, 1.82) is 0 Å². The number of rotatable bonds is 1. The molecule has 1 nitrogen and oxygen atoms in total. The zero-order valence-electron chi connectivity index (χ0n) is 5.14. The van der Waals surface area contributed by atoms with Crippen molar-refractivity contribution in [3.63, 3.8) is 0 Å². The van der Waals surface area contributed by atoms with E-state index >= 15 is 0 Å². The van der Waals surface area contributed by atoms with Gasteiger partial charge in [0.15, 0.2) is 0 Å². The summed E-state index contributed by atoms with van der Waals surface area (Å²) in [5.41, 5.74) is 0.816. The Morgan fingerprint density at radius 2 is 2.40 bits per heavy atom. The van der Waals surface area contributed by atoms with Gasteiger partial charge in [0.05, 0.1) is 10.7 Å². The molecule has 0 atom stereocenters. The van der Waals surface area contributed by atoms with Crippen molar-refractivity contribution < 1.29 is 0 Å². The maximum absolute atomic E-state index is 5.69. The third-order valence-corrected chi connectivity index (χ3v) is 2.22. The molecule has 0 aromatic carbocycles. The minimum atomic E-state index is 0.616. The Morgan fingerprint density at radius 1 is 1.70 bits per heavy atom. The van der Waals surface area contributed by atoms with Crippen molar-refractivity contribution in [2.24, 2.45) is 0 Å². The number of nitrogens with zero attached hydrogens (tertiary/aromatic N) is 1. The second kappa shape index (κ2) is 3.17. The molecule has 0 saturated carbocycles. The molecule has 0 unspecified atom stereocenters. The maximum atomic E-state index is 5.69. The van der Waals surface area contributed by atoms with E-state index in [4.69, 9.17) is 11.6 Å². The van der Waals surface area contributed by atoms with Crippen molar-refractivity contribution in [2.75, 3.05) is 0 Å². The first-order chi connectivity index (χ1) is 4.74. The van der Waals surface area contributed by atoms with E-state index < -0.39 is 0 Å². The number of aromatic nitrogens is 1. The summed E-state index contributed by atoms with van der Waals surface area (Å²) in [6.07, 6.45) is 3.25. The van der Waals surface area contributed by atoms with Crippen molar-refractivity contribution >= 4 is 33.6 Å². The quantitative estimate of drug-likeness (QED) is 0.706. The van der Waals surface area contributed by atoms with Gasteiger partial charge < -0.3 is 0 Å². The molecular weight excluding hydrogens is 213 g/mol. The molecule has 1 rings (SSSR count). The first kappa shape index (κ1) is 7.76. The third kappa shape index (κ3) is 1.58. The summed E-state index contributed by atoms with van der Waals surface area (Å²) in [7, 11) is 0. The Hall–Kier alpha value is -0.340. The van der Waals surface area contributed by atoms with Gasteiger partial charge in [-0.2, -0.15) is 0 Å². The first-order valence-electron chi connectivity index (χ1n) is 2.67. The molecular formula is C7H5BrClN. The summed E-state index contributed by atoms with van der Waals surface area (Å²) in [6, 6.07) is 1.81. The van der Waals surface area contributed by atoms with Gasteiger partial charge in [-0.25, -0.2) is 0 Å². The highest BCUT2D eigenvalue weighted by molar-refractivity contribution is 9.10. The van der Waals surface area contributed by atoms with Crippen LogP contribution in [0.15, 0.2) is 23.3 Å². The Morgan fingerprint density at radius 3 is 2.90 bits per heavy atom. The first-order valence-corrected chi connectivity index (χ1v) is 3.84. The van der Waals surface area contributed by atoms with Gasteiger partial charge in [0, 0.05) is 10.7 Å². The minimum Gasteiger partial charge on any atom is -0.255 e. The lowest BCUT2D eigenvalue weighted by molar-refractivity contribution is 1.28. The highest BCUT2D eigenvalue weighted by Gasteiger charge is 1.95. The Labute approximate surface area is 72.9 Å². The number of hydrogen-bond donors (Lipinski definition) is 0. The van der Waals surface area contributed by atoms with Crippen LogP contribution in [0.2, 0.25) is 5.02 Å². The molecule has 0 aliphatic rings. The average Bonchev–Trinajstić information content (AvgIpc) is 1.95. The predicted molar refractivity (Wildman–Crippen MR) is 47.0 cm³/mol. The molecule has 1 heterocycles. The van der Waals surface area contributed by atoms with Crippen LogP contribution in [0, 0.1) is 0 Å². The summed E-state index contributed by atoms with van der Waals surface area (Å²) < 4.78 is 0.846. The molecule has 0 amide bonds. The van der Waals surface area contributed by atoms with E-state index in [1.165, 1.54) is 0 Å². The van der Waals surface area contributed by atoms with E-state index in [0.29, 0.717) is 5.02 Å². The van der Waals surface area contributed by atoms with Gasteiger partial charge >= 0.3 is 0 Å². The SMILES string of the molecule is C=Cc1cc(Br)c(Cl)cn1.